The number of ketones is 1. The van der Waals surface area contributed by atoms with Gasteiger partial charge in [0.05, 0.1) is 0 Å². The van der Waals surface area contributed by atoms with Gasteiger partial charge in [-0.05, 0) is 13.5 Å². The number of carbonyl (C=O) groups is 1. The van der Waals surface area contributed by atoms with Crippen molar-refractivity contribution in [2.75, 3.05) is 20.1 Å². The Morgan fingerprint density at radius 2 is 2.43 bits per heavy atom. The summed E-state index contributed by atoms with van der Waals surface area (Å²) in [5, 5.41) is 3.47. The van der Waals surface area contributed by atoms with Crippen LogP contribution in [0, 0.1) is 0 Å². The lowest BCUT2D eigenvalue weighted by atomic mass is 9.77. The summed E-state index contributed by atoms with van der Waals surface area (Å²) in [7, 11) is 2.19. The van der Waals surface area contributed by atoms with E-state index in [4.69, 9.17) is 0 Å². The maximum atomic E-state index is 11.6. The third kappa shape index (κ3) is 1.48. The van der Waals surface area contributed by atoms with Gasteiger partial charge in [-0.25, -0.2) is 0 Å². The number of hydrogen-bond donors (Lipinski definition) is 1. The molecule has 2 fully saturated rings. The molecule has 2 aliphatic heterocycles. The van der Waals surface area contributed by atoms with Crippen LogP contribution in [-0.2, 0) is 4.79 Å². The first kappa shape index (κ1) is 10.1. The summed E-state index contributed by atoms with van der Waals surface area (Å²) in [6, 6.07) is 0.441. The summed E-state index contributed by atoms with van der Waals surface area (Å²) in [5.74, 6) is 0.461. The fraction of sp³-hybridized carbons (Fsp3) is 0.909. The Kier molecular flexibility index (Phi) is 2.62. The summed E-state index contributed by atoms with van der Waals surface area (Å²) in [6.45, 7) is 4.17. The Labute approximate surface area is 85.8 Å². The second kappa shape index (κ2) is 3.63. The van der Waals surface area contributed by atoms with Gasteiger partial charge >= 0.3 is 0 Å². The number of piperazine rings is 1. The number of nitrogens with zero attached hydrogens (tertiary/aromatic N) is 1. The molecule has 14 heavy (non-hydrogen) atoms. The van der Waals surface area contributed by atoms with Crippen molar-refractivity contribution in [1.82, 2.24) is 10.2 Å². The van der Waals surface area contributed by atoms with Crippen LogP contribution in [0.1, 0.15) is 32.6 Å². The molecule has 0 spiro atoms. The molecule has 3 heteroatoms. The zero-order valence-corrected chi connectivity index (χ0v) is 9.18. The molecular weight excluding hydrogens is 176 g/mol. The van der Waals surface area contributed by atoms with Crippen LogP contribution in [0.3, 0.4) is 0 Å². The van der Waals surface area contributed by atoms with Gasteiger partial charge in [-0.15, -0.1) is 0 Å². The molecule has 2 aliphatic rings. The standard InChI is InChI=1S/C11H20N2O/c1-3-4-11-6-10(14)5-9(13(11)2)7-12-8-11/h9,12H,3-8H2,1-2H3. The zero-order valence-electron chi connectivity index (χ0n) is 9.18. The highest BCUT2D eigenvalue weighted by molar-refractivity contribution is 5.81. The Morgan fingerprint density at radius 3 is 3.14 bits per heavy atom. The van der Waals surface area contributed by atoms with Crippen LogP contribution >= 0.6 is 0 Å². The largest absolute Gasteiger partial charge is 0.313 e. The van der Waals surface area contributed by atoms with Crippen molar-refractivity contribution in [3.8, 4) is 0 Å². The van der Waals surface area contributed by atoms with E-state index < -0.39 is 0 Å². The maximum Gasteiger partial charge on any atom is 0.136 e. The van der Waals surface area contributed by atoms with E-state index in [0.29, 0.717) is 11.8 Å². The first-order valence-electron chi connectivity index (χ1n) is 5.63. The van der Waals surface area contributed by atoms with E-state index in [1.54, 1.807) is 0 Å². The lowest BCUT2D eigenvalue weighted by molar-refractivity contribution is -0.131. The number of piperidine rings is 1. The van der Waals surface area contributed by atoms with E-state index in [2.05, 4.69) is 24.2 Å². The van der Waals surface area contributed by atoms with Crippen molar-refractivity contribution >= 4 is 5.78 Å². The van der Waals surface area contributed by atoms with Crippen LogP contribution < -0.4 is 5.32 Å². The minimum atomic E-state index is 0.132. The van der Waals surface area contributed by atoms with Gasteiger partial charge in [0.2, 0.25) is 0 Å². The summed E-state index contributed by atoms with van der Waals surface area (Å²) < 4.78 is 0. The van der Waals surface area contributed by atoms with Gasteiger partial charge < -0.3 is 5.32 Å². The number of Topliss-reactive ketones (excluding diaryl/α,β-unsaturated/α-hetero) is 1. The van der Waals surface area contributed by atoms with Gasteiger partial charge in [-0.2, -0.15) is 0 Å². The van der Waals surface area contributed by atoms with E-state index in [0.717, 1.165) is 38.8 Å². The Balaban J connectivity index is 2.21. The molecule has 0 aromatic heterocycles. The Bertz CT molecular complexity index is 237. The molecule has 1 N–H and O–H groups in total. The number of rotatable bonds is 2. The minimum Gasteiger partial charge on any atom is -0.313 e. The van der Waals surface area contributed by atoms with Gasteiger partial charge in [-0.3, -0.25) is 9.69 Å². The average molecular weight is 196 g/mol. The molecule has 80 valence electrons. The van der Waals surface area contributed by atoms with Crippen LogP contribution in [0.5, 0.6) is 0 Å². The van der Waals surface area contributed by atoms with Crippen LogP contribution in [0.15, 0.2) is 0 Å². The predicted octanol–water partition coefficient (Wildman–Crippen LogP) is 0.792. The SMILES string of the molecule is CCCC12CNCC(CC(=O)C1)N2C. The quantitative estimate of drug-likeness (QED) is 0.709. The maximum absolute atomic E-state index is 11.6. The molecule has 2 atom stereocenters. The van der Waals surface area contributed by atoms with E-state index >= 15 is 0 Å². The minimum absolute atomic E-state index is 0.132. The van der Waals surface area contributed by atoms with Gasteiger partial charge in [0.25, 0.3) is 0 Å². The third-order valence-corrected chi connectivity index (χ3v) is 3.83. The molecule has 0 amide bonds. The highest BCUT2D eigenvalue weighted by atomic mass is 16.1. The van der Waals surface area contributed by atoms with Gasteiger partial charge in [0.15, 0.2) is 0 Å². The van der Waals surface area contributed by atoms with Crippen molar-refractivity contribution in [1.29, 1.82) is 0 Å². The van der Waals surface area contributed by atoms with Crippen LogP contribution in [0.25, 0.3) is 0 Å². The molecule has 2 unspecified atom stereocenters. The Morgan fingerprint density at radius 1 is 1.64 bits per heavy atom. The number of likely N-dealkylation sites (N-methyl/N-ethyl adjacent to an activating group) is 1. The van der Waals surface area contributed by atoms with E-state index in [9.17, 15) is 4.79 Å². The molecule has 2 rings (SSSR count). The van der Waals surface area contributed by atoms with Crippen LogP contribution in [0.2, 0.25) is 0 Å². The topological polar surface area (TPSA) is 32.3 Å². The predicted molar refractivity (Wildman–Crippen MR) is 56.3 cm³/mol. The summed E-state index contributed by atoms with van der Waals surface area (Å²) in [5.41, 5.74) is 0.132. The Hall–Kier alpha value is -0.410. The average Bonchev–Trinajstić information content (AvgIpc) is 2.10. The zero-order chi connectivity index (χ0) is 10.2. The van der Waals surface area contributed by atoms with Crippen LogP contribution in [0.4, 0.5) is 0 Å². The molecule has 0 saturated carbocycles. The first-order valence-corrected chi connectivity index (χ1v) is 5.63. The monoisotopic (exact) mass is 196 g/mol. The summed E-state index contributed by atoms with van der Waals surface area (Å²) in [4.78, 5) is 14.1. The fourth-order valence-electron chi connectivity index (χ4n) is 3.04. The summed E-state index contributed by atoms with van der Waals surface area (Å²) >= 11 is 0. The molecule has 2 saturated heterocycles. The highest BCUT2D eigenvalue weighted by Crippen LogP contribution is 2.34. The lowest BCUT2D eigenvalue weighted by Crippen LogP contribution is -2.67. The van der Waals surface area contributed by atoms with E-state index in [-0.39, 0.29) is 5.54 Å². The molecule has 2 heterocycles. The van der Waals surface area contributed by atoms with Gasteiger partial charge in [0, 0.05) is 37.5 Å². The molecule has 0 aliphatic carbocycles. The van der Waals surface area contributed by atoms with Crippen molar-refractivity contribution in [3.63, 3.8) is 0 Å². The highest BCUT2D eigenvalue weighted by Gasteiger charge is 2.46. The number of carbonyl (C=O) groups excluding carboxylic acids is 1. The van der Waals surface area contributed by atoms with Crippen molar-refractivity contribution in [2.24, 2.45) is 0 Å². The molecule has 2 bridgehead atoms. The van der Waals surface area contributed by atoms with E-state index in [1.807, 2.05) is 0 Å². The van der Waals surface area contributed by atoms with Crippen LogP contribution in [-0.4, -0.2) is 42.4 Å². The normalized spacial score (nSPS) is 38.7. The molecule has 0 aromatic rings. The molecule has 0 radical (unpaired) electrons. The second-order valence-electron chi connectivity index (χ2n) is 4.79. The molecule has 3 nitrogen and oxygen atoms in total. The third-order valence-electron chi connectivity index (χ3n) is 3.83. The van der Waals surface area contributed by atoms with Gasteiger partial charge in [0.1, 0.15) is 5.78 Å². The number of nitrogens with one attached hydrogen (secondary N) is 1. The first-order chi connectivity index (χ1) is 6.68. The number of fused-ring (bicyclic) bond motifs is 2. The lowest BCUT2D eigenvalue weighted by Gasteiger charge is -2.53. The second-order valence-corrected chi connectivity index (χ2v) is 4.79. The molecular formula is C11H20N2O. The summed E-state index contributed by atoms with van der Waals surface area (Å²) in [6.07, 6.45) is 3.79. The van der Waals surface area contributed by atoms with Crippen molar-refractivity contribution in [2.45, 2.75) is 44.2 Å². The van der Waals surface area contributed by atoms with E-state index in [1.165, 1.54) is 0 Å². The fourth-order valence-corrected chi connectivity index (χ4v) is 3.04. The van der Waals surface area contributed by atoms with Gasteiger partial charge in [-0.1, -0.05) is 13.3 Å². The number of hydrogen-bond acceptors (Lipinski definition) is 3. The smallest absolute Gasteiger partial charge is 0.136 e. The molecule has 0 aromatic carbocycles. The van der Waals surface area contributed by atoms with Crippen molar-refractivity contribution in [3.05, 3.63) is 0 Å². The van der Waals surface area contributed by atoms with Crippen molar-refractivity contribution < 1.29 is 4.79 Å².